The van der Waals surface area contributed by atoms with Gasteiger partial charge in [-0.3, -0.25) is 0 Å². The number of hydrogen-bond donors (Lipinski definition) is 2. The summed E-state index contributed by atoms with van der Waals surface area (Å²) in [5.74, 6) is 1.84. The van der Waals surface area contributed by atoms with Crippen LogP contribution in [-0.4, -0.2) is 41.4 Å². The number of nitrogens with one attached hydrogen (secondary N) is 2. The van der Waals surface area contributed by atoms with E-state index in [0.29, 0.717) is 34.4 Å². The number of hydrazone groups is 1. The molecule has 1 aliphatic heterocycles. The number of para-hydroxylation sites is 1. The molecule has 0 spiro atoms. The monoisotopic (exact) mass is 561 g/mol. The highest BCUT2D eigenvalue weighted by Gasteiger charge is 2.16. The van der Waals surface area contributed by atoms with Crippen molar-refractivity contribution in [2.45, 2.75) is 25.9 Å². The molecule has 1 saturated heterocycles. The average molecular weight is 562 g/mol. The predicted octanol–water partition coefficient (Wildman–Crippen LogP) is 6.43. The number of halogens is 2. The van der Waals surface area contributed by atoms with Gasteiger partial charge in [0, 0.05) is 24.3 Å². The molecule has 40 heavy (non-hydrogen) atoms. The van der Waals surface area contributed by atoms with Crippen LogP contribution >= 0.6 is 11.6 Å². The van der Waals surface area contributed by atoms with Gasteiger partial charge in [-0.2, -0.15) is 20.1 Å². The van der Waals surface area contributed by atoms with Crippen molar-refractivity contribution >= 4 is 41.3 Å². The maximum absolute atomic E-state index is 14.1. The fraction of sp³-hybridized carbons (Fsp3) is 0.241. The van der Waals surface area contributed by atoms with E-state index in [0.717, 1.165) is 37.2 Å². The minimum absolute atomic E-state index is 0.0328. The summed E-state index contributed by atoms with van der Waals surface area (Å²) in [5, 5.41) is 7.87. The molecule has 0 amide bonds. The first-order chi connectivity index (χ1) is 19.6. The second kappa shape index (κ2) is 13.1. The number of hydrogen-bond acceptors (Lipinski definition) is 9. The zero-order chi connectivity index (χ0) is 27.7. The Labute approximate surface area is 237 Å². The molecule has 2 N–H and O–H groups in total. The lowest BCUT2D eigenvalue weighted by molar-refractivity contribution is 0.280. The summed E-state index contributed by atoms with van der Waals surface area (Å²) in [6.07, 6.45) is 5.02. The van der Waals surface area contributed by atoms with Crippen molar-refractivity contribution < 1.29 is 13.9 Å². The Bertz CT molecular complexity index is 1450. The van der Waals surface area contributed by atoms with Crippen molar-refractivity contribution in [1.82, 2.24) is 15.0 Å². The molecule has 0 bridgehead atoms. The molecule has 0 atom stereocenters. The zero-order valence-corrected chi connectivity index (χ0v) is 22.7. The van der Waals surface area contributed by atoms with E-state index in [-0.39, 0.29) is 12.2 Å². The van der Waals surface area contributed by atoms with Crippen LogP contribution in [0, 0.1) is 5.82 Å². The first kappa shape index (κ1) is 27.1. The Morgan fingerprint density at radius 2 is 1.75 bits per heavy atom. The second-order valence-electron chi connectivity index (χ2n) is 9.09. The quantitative estimate of drug-likeness (QED) is 0.169. The SMILES string of the molecule is COc1cc(/C=N\Nc2nc(Nc3ccccc3)nc(N3CCCCC3)n2)ccc1OCc1c(F)cccc1Cl. The largest absolute Gasteiger partial charge is 0.493 e. The molecule has 1 fully saturated rings. The van der Waals surface area contributed by atoms with Gasteiger partial charge in [0.15, 0.2) is 11.5 Å². The van der Waals surface area contributed by atoms with Crippen molar-refractivity contribution in [3.63, 3.8) is 0 Å². The van der Waals surface area contributed by atoms with E-state index in [4.69, 9.17) is 21.1 Å². The van der Waals surface area contributed by atoms with Crippen LogP contribution in [0.5, 0.6) is 11.5 Å². The normalized spacial score (nSPS) is 13.3. The van der Waals surface area contributed by atoms with E-state index in [1.54, 1.807) is 36.5 Å². The van der Waals surface area contributed by atoms with Crippen molar-refractivity contribution in [3.8, 4) is 11.5 Å². The first-order valence-corrected chi connectivity index (χ1v) is 13.3. The molecular weight excluding hydrogens is 533 g/mol. The maximum Gasteiger partial charge on any atom is 0.250 e. The Morgan fingerprint density at radius 3 is 2.52 bits per heavy atom. The van der Waals surface area contributed by atoms with Crippen LogP contribution in [0.25, 0.3) is 0 Å². The molecule has 0 unspecified atom stereocenters. The first-order valence-electron chi connectivity index (χ1n) is 12.9. The molecule has 0 aliphatic carbocycles. The van der Waals surface area contributed by atoms with E-state index >= 15 is 0 Å². The van der Waals surface area contributed by atoms with Gasteiger partial charge < -0.3 is 19.7 Å². The highest BCUT2D eigenvalue weighted by atomic mass is 35.5. The van der Waals surface area contributed by atoms with Gasteiger partial charge in [-0.05, 0) is 67.3 Å². The molecular formula is C29H29ClFN7O2. The molecule has 1 aliphatic rings. The third-order valence-corrected chi connectivity index (χ3v) is 6.65. The third kappa shape index (κ3) is 6.95. The lowest BCUT2D eigenvalue weighted by Gasteiger charge is -2.26. The number of ether oxygens (including phenoxy) is 2. The molecule has 9 nitrogen and oxygen atoms in total. The minimum atomic E-state index is -0.426. The zero-order valence-electron chi connectivity index (χ0n) is 22.0. The Kier molecular flexibility index (Phi) is 8.87. The Balaban J connectivity index is 1.30. The fourth-order valence-corrected chi connectivity index (χ4v) is 4.44. The lowest BCUT2D eigenvalue weighted by Crippen LogP contribution is -2.31. The highest BCUT2D eigenvalue weighted by Crippen LogP contribution is 2.30. The van der Waals surface area contributed by atoms with E-state index in [2.05, 4.69) is 35.7 Å². The van der Waals surface area contributed by atoms with Crippen LogP contribution in [-0.2, 0) is 6.61 Å². The van der Waals surface area contributed by atoms with Crippen LogP contribution in [0.3, 0.4) is 0 Å². The van der Waals surface area contributed by atoms with Gasteiger partial charge in [0.2, 0.25) is 17.8 Å². The molecule has 206 valence electrons. The number of aromatic nitrogens is 3. The van der Waals surface area contributed by atoms with Crippen molar-refractivity contribution in [3.05, 3.63) is 88.7 Å². The van der Waals surface area contributed by atoms with Gasteiger partial charge in [0.1, 0.15) is 12.4 Å². The predicted molar refractivity (Wildman–Crippen MR) is 156 cm³/mol. The van der Waals surface area contributed by atoms with Gasteiger partial charge in [0.25, 0.3) is 0 Å². The van der Waals surface area contributed by atoms with E-state index in [1.807, 2.05) is 30.3 Å². The molecule has 4 aromatic rings. The molecule has 0 radical (unpaired) electrons. The number of benzene rings is 3. The van der Waals surface area contributed by atoms with Crippen LogP contribution in [0.2, 0.25) is 5.02 Å². The molecule has 11 heteroatoms. The van der Waals surface area contributed by atoms with Crippen LogP contribution in [0.15, 0.2) is 71.8 Å². The van der Waals surface area contributed by atoms with Crippen LogP contribution < -0.4 is 25.1 Å². The number of nitrogens with zero attached hydrogens (tertiary/aromatic N) is 5. The molecule has 5 rings (SSSR count). The van der Waals surface area contributed by atoms with Crippen molar-refractivity contribution in [2.75, 3.05) is 35.8 Å². The second-order valence-corrected chi connectivity index (χ2v) is 9.50. The molecule has 0 saturated carbocycles. The summed E-state index contributed by atoms with van der Waals surface area (Å²) in [6.45, 7) is 1.76. The molecule has 3 aromatic carbocycles. The molecule has 2 heterocycles. The summed E-state index contributed by atoms with van der Waals surface area (Å²) in [6, 6.07) is 19.5. The number of piperidine rings is 1. The third-order valence-electron chi connectivity index (χ3n) is 6.29. The molecule has 1 aromatic heterocycles. The average Bonchev–Trinajstić information content (AvgIpc) is 2.98. The summed E-state index contributed by atoms with van der Waals surface area (Å²) in [5.41, 5.74) is 4.82. The van der Waals surface area contributed by atoms with Crippen LogP contribution in [0.4, 0.5) is 27.9 Å². The van der Waals surface area contributed by atoms with Gasteiger partial charge in [0.05, 0.1) is 18.3 Å². The van der Waals surface area contributed by atoms with Crippen molar-refractivity contribution in [1.29, 1.82) is 0 Å². The number of anilines is 4. The maximum atomic E-state index is 14.1. The Morgan fingerprint density at radius 1 is 0.950 bits per heavy atom. The summed E-state index contributed by atoms with van der Waals surface area (Å²) in [7, 11) is 1.53. The Hall–Kier alpha value is -4.44. The number of rotatable bonds is 10. The van der Waals surface area contributed by atoms with E-state index in [1.165, 1.54) is 19.6 Å². The minimum Gasteiger partial charge on any atom is -0.493 e. The van der Waals surface area contributed by atoms with Crippen LogP contribution in [0.1, 0.15) is 30.4 Å². The smallest absolute Gasteiger partial charge is 0.250 e. The van der Waals surface area contributed by atoms with Gasteiger partial charge >= 0.3 is 0 Å². The van der Waals surface area contributed by atoms with E-state index < -0.39 is 5.82 Å². The van der Waals surface area contributed by atoms with Crippen molar-refractivity contribution in [2.24, 2.45) is 5.10 Å². The van der Waals surface area contributed by atoms with Gasteiger partial charge in [-0.15, -0.1) is 0 Å². The highest BCUT2D eigenvalue weighted by molar-refractivity contribution is 6.31. The summed E-state index contributed by atoms with van der Waals surface area (Å²) < 4.78 is 25.4. The van der Waals surface area contributed by atoms with Gasteiger partial charge in [-0.25, -0.2) is 9.82 Å². The lowest BCUT2D eigenvalue weighted by atomic mass is 10.1. The standard InChI is InChI=1S/C29H29ClFN7O2/c1-39-26-17-20(13-14-25(26)40-19-22-23(30)11-8-12-24(22)31)18-32-37-28-34-27(33-21-9-4-2-5-10-21)35-29(36-28)38-15-6-3-7-16-38/h2,4-5,8-14,17-18H,3,6-7,15-16,19H2,1H3,(H2,33,34,35,36,37)/b32-18-. The summed E-state index contributed by atoms with van der Waals surface area (Å²) >= 11 is 6.11. The van der Waals surface area contributed by atoms with E-state index in [9.17, 15) is 4.39 Å². The number of methoxy groups -OCH3 is 1. The van der Waals surface area contributed by atoms with Gasteiger partial charge in [-0.1, -0.05) is 35.9 Å². The fourth-order valence-electron chi connectivity index (χ4n) is 4.22. The topological polar surface area (TPSA) is 96.8 Å². The summed E-state index contributed by atoms with van der Waals surface area (Å²) in [4.78, 5) is 15.9.